The second kappa shape index (κ2) is 6.41. The molecular formula is C18H17N7O. The van der Waals surface area contributed by atoms with Crippen LogP contribution in [0.5, 0.6) is 0 Å². The molecule has 0 bridgehead atoms. The normalized spacial score (nSPS) is 14.1. The molecule has 0 unspecified atom stereocenters. The van der Waals surface area contributed by atoms with Crippen molar-refractivity contribution in [3.63, 3.8) is 0 Å². The van der Waals surface area contributed by atoms with Gasteiger partial charge in [0, 0.05) is 12.6 Å². The van der Waals surface area contributed by atoms with Crippen molar-refractivity contribution in [2.24, 2.45) is 10.7 Å². The summed E-state index contributed by atoms with van der Waals surface area (Å²) in [6.07, 6.45) is 0. The number of benzene rings is 2. The Hall–Kier alpha value is -3.52. The minimum absolute atomic E-state index is 0.0944. The van der Waals surface area contributed by atoms with Crippen molar-refractivity contribution in [2.45, 2.75) is 0 Å². The molecular weight excluding hydrogens is 330 g/mol. The van der Waals surface area contributed by atoms with Crippen molar-refractivity contribution in [3.05, 3.63) is 59.8 Å². The van der Waals surface area contributed by atoms with Gasteiger partial charge < -0.3 is 16.5 Å². The Morgan fingerprint density at radius 1 is 1.12 bits per heavy atom. The summed E-state index contributed by atoms with van der Waals surface area (Å²) in [5.41, 5.74) is 11.7. The maximum atomic E-state index is 11.9. The predicted molar refractivity (Wildman–Crippen MR) is 100 cm³/mol. The van der Waals surface area contributed by atoms with Crippen LogP contribution >= 0.6 is 0 Å². The SMILES string of the molecule is CN1CN=C(c2ccccc2Nc2nc3ccccc3nc2C(N)=O)N1. The number of aliphatic imine (C=N–C) groups is 1. The lowest BCUT2D eigenvalue weighted by Crippen LogP contribution is -2.33. The molecule has 8 nitrogen and oxygen atoms in total. The Balaban J connectivity index is 1.78. The number of fused-ring (bicyclic) bond motifs is 1. The molecule has 2 aromatic carbocycles. The smallest absolute Gasteiger partial charge is 0.271 e. The van der Waals surface area contributed by atoms with Crippen LogP contribution in [0.2, 0.25) is 0 Å². The quantitative estimate of drug-likeness (QED) is 0.662. The van der Waals surface area contributed by atoms with E-state index in [0.717, 1.165) is 17.1 Å². The lowest BCUT2D eigenvalue weighted by molar-refractivity contribution is 0.0996. The third-order valence-corrected chi connectivity index (χ3v) is 3.98. The maximum absolute atomic E-state index is 11.9. The predicted octanol–water partition coefficient (Wildman–Crippen LogP) is 1.63. The number of hydrogen-bond acceptors (Lipinski definition) is 7. The monoisotopic (exact) mass is 347 g/mol. The van der Waals surface area contributed by atoms with Gasteiger partial charge in [-0.15, -0.1) is 0 Å². The molecule has 8 heteroatoms. The Labute approximate surface area is 149 Å². The van der Waals surface area contributed by atoms with Gasteiger partial charge in [-0.1, -0.05) is 24.3 Å². The van der Waals surface area contributed by atoms with Crippen LogP contribution in [-0.2, 0) is 0 Å². The first-order chi connectivity index (χ1) is 12.6. The molecule has 4 rings (SSSR count). The highest BCUT2D eigenvalue weighted by atomic mass is 16.1. The van der Waals surface area contributed by atoms with Crippen LogP contribution in [0.15, 0.2) is 53.5 Å². The van der Waals surface area contributed by atoms with Crippen molar-refractivity contribution < 1.29 is 4.79 Å². The minimum Gasteiger partial charge on any atom is -0.364 e. The molecule has 1 aromatic heterocycles. The van der Waals surface area contributed by atoms with Gasteiger partial charge in [-0.05, 0) is 24.3 Å². The van der Waals surface area contributed by atoms with E-state index >= 15 is 0 Å². The molecule has 0 radical (unpaired) electrons. The van der Waals surface area contributed by atoms with Crippen LogP contribution in [-0.4, -0.2) is 40.4 Å². The summed E-state index contributed by atoms with van der Waals surface area (Å²) in [7, 11) is 1.91. The summed E-state index contributed by atoms with van der Waals surface area (Å²) in [5.74, 6) is 0.417. The molecule has 2 heterocycles. The number of aromatic nitrogens is 2. The highest BCUT2D eigenvalue weighted by Gasteiger charge is 2.18. The summed E-state index contributed by atoms with van der Waals surface area (Å²) >= 11 is 0. The summed E-state index contributed by atoms with van der Waals surface area (Å²) in [6.45, 7) is 0.561. The third-order valence-electron chi connectivity index (χ3n) is 3.98. The van der Waals surface area contributed by atoms with Crippen LogP contribution < -0.4 is 16.5 Å². The first kappa shape index (κ1) is 16.0. The number of nitrogens with two attached hydrogens (primary N) is 1. The van der Waals surface area contributed by atoms with Crippen LogP contribution in [0.3, 0.4) is 0 Å². The molecule has 26 heavy (non-hydrogen) atoms. The van der Waals surface area contributed by atoms with Gasteiger partial charge in [-0.2, -0.15) is 0 Å². The van der Waals surface area contributed by atoms with E-state index in [9.17, 15) is 4.79 Å². The van der Waals surface area contributed by atoms with Gasteiger partial charge in [-0.3, -0.25) is 4.79 Å². The van der Waals surface area contributed by atoms with Gasteiger partial charge in [-0.25, -0.2) is 20.0 Å². The van der Waals surface area contributed by atoms with E-state index in [1.54, 1.807) is 6.07 Å². The van der Waals surface area contributed by atoms with Crippen LogP contribution in [0.4, 0.5) is 11.5 Å². The number of rotatable bonds is 4. The Morgan fingerprint density at radius 2 is 1.81 bits per heavy atom. The molecule has 0 atom stereocenters. The highest BCUT2D eigenvalue weighted by molar-refractivity contribution is 6.05. The zero-order chi connectivity index (χ0) is 18.1. The summed E-state index contributed by atoms with van der Waals surface area (Å²) in [6, 6.07) is 15.0. The van der Waals surface area contributed by atoms with Gasteiger partial charge in [0.1, 0.15) is 12.5 Å². The van der Waals surface area contributed by atoms with E-state index < -0.39 is 5.91 Å². The van der Waals surface area contributed by atoms with Crippen molar-refractivity contribution in [2.75, 3.05) is 19.0 Å². The number of hydrazine groups is 1. The molecule has 1 amide bonds. The number of primary amides is 1. The van der Waals surface area contributed by atoms with Crippen LogP contribution in [0, 0.1) is 0 Å². The summed E-state index contributed by atoms with van der Waals surface area (Å²) in [5, 5.41) is 5.06. The first-order valence-corrected chi connectivity index (χ1v) is 8.07. The number of amidine groups is 1. The average molecular weight is 347 g/mol. The van der Waals surface area contributed by atoms with E-state index in [2.05, 4.69) is 25.7 Å². The van der Waals surface area contributed by atoms with E-state index in [1.807, 2.05) is 54.5 Å². The first-order valence-electron chi connectivity index (χ1n) is 8.07. The molecule has 1 aliphatic heterocycles. The zero-order valence-corrected chi connectivity index (χ0v) is 14.1. The summed E-state index contributed by atoms with van der Waals surface area (Å²) < 4.78 is 0. The number of carbonyl (C=O) groups excluding carboxylic acids is 1. The number of anilines is 2. The number of para-hydroxylation sites is 3. The second-order valence-corrected chi connectivity index (χ2v) is 5.90. The molecule has 130 valence electrons. The zero-order valence-electron chi connectivity index (χ0n) is 14.1. The molecule has 1 aliphatic rings. The van der Waals surface area contributed by atoms with Crippen molar-refractivity contribution in [3.8, 4) is 0 Å². The topological polar surface area (TPSA) is 109 Å². The number of nitrogens with zero attached hydrogens (tertiary/aromatic N) is 4. The van der Waals surface area contributed by atoms with E-state index in [-0.39, 0.29) is 5.69 Å². The van der Waals surface area contributed by atoms with Crippen LogP contribution in [0.25, 0.3) is 11.0 Å². The molecule has 0 spiro atoms. The Morgan fingerprint density at radius 3 is 2.50 bits per heavy atom. The molecule has 0 saturated heterocycles. The molecule has 0 saturated carbocycles. The standard InChI is InChI=1S/C18H17N7O/c1-25-10-20-17(24-25)11-6-2-3-7-12(11)22-18-15(16(19)26)21-13-8-4-5-9-14(13)23-18/h2-9H,10H2,1H3,(H2,19,26)(H,20,24)(H,22,23). The Kier molecular flexibility index (Phi) is 3.94. The molecule has 3 aromatic rings. The lowest BCUT2D eigenvalue weighted by atomic mass is 10.1. The molecule has 0 fully saturated rings. The van der Waals surface area contributed by atoms with Crippen molar-refractivity contribution in [1.82, 2.24) is 20.4 Å². The average Bonchev–Trinajstić information content (AvgIpc) is 3.07. The van der Waals surface area contributed by atoms with Gasteiger partial charge in [0.05, 0.1) is 16.7 Å². The van der Waals surface area contributed by atoms with Gasteiger partial charge in [0.15, 0.2) is 11.5 Å². The van der Waals surface area contributed by atoms with Crippen molar-refractivity contribution >= 4 is 34.3 Å². The fourth-order valence-corrected chi connectivity index (χ4v) is 2.76. The number of amides is 1. The maximum Gasteiger partial charge on any atom is 0.271 e. The highest BCUT2D eigenvalue weighted by Crippen LogP contribution is 2.24. The molecule has 0 aliphatic carbocycles. The van der Waals surface area contributed by atoms with Gasteiger partial charge in [0.25, 0.3) is 5.91 Å². The largest absolute Gasteiger partial charge is 0.364 e. The van der Waals surface area contributed by atoms with Gasteiger partial charge >= 0.3 is 0 Å². The number of hydrogen-bond donors (Lipinski definition) is 3. The third kappa shape index (κ3) is 2.93. The Bertz CT molecular complexity index is 1030. The number of nitrogens with one attached hydrogen (secondary N) is 2. The van der Waals surface area contributed by atoms with Gasteiger partial charge in [0.2, 0.25) is 0 Å². The van der Waals surface area contributed by atoms with E-state index in [4.69, 9.17) is 5.73 Å². The summed E-state index contributed by atoms with van der Waals surface area (Å²) in [4.78, 5) is 25.2. The van der Waals surface area contributed by atoms with Crippen LogP contribution in [0.1, 0.15) is 16.1 Å². The fraction of sp³-hybridized carbons (Fsp3) is 0.111. The van der Waals surface area contributed by atoms with Crippen molar-refractivity contribution in [1.29, 1.82) is 0 Å². The number of carbonyl (C=O) groups is 1. The fourth-order valence-electron chi connectivity index (χ4n) is 2.76. The van der Waals surface area contributed by atoms with E-state index in [1.165, 1.54) is 0 Å². The lowest BCUT2D eigenvalue weighted by Gasteiger charge is -2.15. The second-order valence-electron chi connectivity index (χ2n) is 5.90. The minimum atomic E-state index is -0.640. The van der Waals surface area contributed by atoms with E-state index in [0.29, 0.717) is 23.5 Å². The molecule has 4 N–H and O–H groups in total.